The Morgan fingerprint density at radius 1 is 1.17 bits per heavy atom. The summed E-state index contributed by atoms with van der Waals surface area (Å²) >= 11 is 0. The van der Waals surface area contributed by atoms with Crippen LogP contribution in [-0.2, 0) is 19.6 Å². The third-order valence-corrected chi connectivity index (χ3v) is 5.53. The molecule has 0 unspecified atom stereocenters. The molecule has 2 rings (SSSR count). The van der Waals surface area contributed by atoms with E-state index in [4.69, 9.17) is 0 Å². The first-order chi connectivity index (χ1) is 14.0. The predicted octanol–water partition coefficient (Wildman–Crippen LogP) is 2.48. The molecule has 2 aromatic rings. The maximum atomic E-state index is 12.7. The fourth-order valence-electron chi connectivity index (χ4n) is 2.78. The molecule has 0 aliphatic heterocycles. The maximum absolute atomic E-state index is 12.7. The van der Waals surface area contributed by atoms with Crippen molar-refractivity contribution in [1.82, 2.24) is 0 Å². The first kappa shape index (κ1) is 22.8. The average molecular weight is 435 g/mol. The van der Waals surface area contributed by atoms with Gasteiger partial charge in [-0.15, -0.1) is 0 Å². The highest BCUT2D eigenvalue weighted by Crippen LogP contribution is 2.29. The molecule has 0 fully saturated rings. The van der Waals surface area contributed by atoms with E-state index in [2.05, 4.69) is 10.1 Å². The molecule has 1 atom stereocenters. The molecule has 0 spiro atoms. The Labute approximate surface area is 173 Å². The largest absolute Gasteiger partial charge is 0.465 e. The van der Waals surface area contributed by atoms with Gasteiger partial charge in [0.05, 0.1) is 29.5 Å². The van der Waals surface area contributed by atoms with Gasteiger partial charge in [-0.3, -0.25) is 19.2 Å². The van der Waals surface area contributed by atoms with Crippen LogP contribution >= 0.6 is 0 Å². The van der Waals surface area contributed by atoms with Crippen molar-refractivity contribution < 1.29 is 27.7 Å². The molecule has 0 radical (unpaired) electrons. The van der Waals surface area contributed by atoms with Gasteiger partial charge < -0.3 is 10.1 Å². The lowest BCUT2D eigenvalue weighted by Gasteiger charge is -2.29. The van der Waals surface area contributed by atoms with Crippen LogP contribution < -0.4 is 9.62 Å². The molecule has 160 valence electrons. The summed E-state index contributed by atoms with van der Waals surface area (Å²) in [4.78, 5) is 34.7. The van der Waals surface area contributed by atoms with E-state index in [1.54, 1.807) is 6.92 Å². The number of nitro groups is 1. The quantitative estimate of drug-likeness (QED) is 0.401. The Morgan fingerprint density at radius 2 is 1.77 bits per heavy atom. The van der Waals surface area contributed by atoms with Gasteiger partial charge in [0.25, 0.3) is 5.69 Å². The Balaban J connectivity index is 2.35. The van der Waals surface area contributed by atoms with E-state index in [0.717, 1.165) is 16.6 Å². The molecule has 0 saturated carbocycles. The van der Waals surface area contributed by atoms with Crippen molar-refractivity contribution in [2.45, 2.75) is 19.9 Å². The van der Waals surface area contributed by atoms with E-state index in [1.807, 2.05) is 0 Å². The summed E-state index contributed by atoms with van der Waals surface area (Å²) in [5, 5.41) is 13.7. The molecule has 2 aromatic carbocycles. The van der Waals surface area contributed by atoms with Crippen LogP contribution in [0.3, 0.4) is 0 Å². The van der Waals surface area contributed by atoms with Gasteiger partial charge in [0, 0.05) is 17.8 Å². The number of non-ortho nitro benzene ring substituents is 1. The molecule has 0 saturated heterocycles. The highest BCUT2D eigenvalue weighted by Gasteiger charge is 2.31. The zero-order valence-electron chi connectivity index (χ0n) is 16.8. The van der Waals surface area contributed by atoms with Crippen molar-refractivity contribution in [1.29, 1.82) is 0 Å². The molecule has 11 heteroatoms. The van der Waals surface area contributed by atoms with Gasteiger partial charge in [-0.25, -0.2) is 13.2 Å². The van der Waals surface area contributed by atoms with Gasteiger partial charge in [-0.1, -0.05) is 6.07 Å². The summed E-state index contributed by atoms with van der Waals surface area (Å²) in [5.41, 5.74) is 0.816. The number of aryl methyl sites for hydroxylation is 1. The van der Waals surface area contributed by atoms with Crippen molar-refractivity contribution in [3.05, 3.63) is 63.7 Å². The molecule has 1 N–H and O–H groups in total. The van der Waals surface area contributed by atoms with Crippen LogP contribution in [0.5, 0.6) is 0 Å². The smallest absolute Gasteiger partial charge is 0.337 e. The van der Waals surface area contributed by atoms with E-state index >= 15 is 0 Å². The Kier molecular flexibility index (Phi) is 6.77. The second-order valence-electron chi connectivity index (χ2n) is 6.52. The third kappa shape index (κ3) is 5.11. The van der Waals surface area contributed by atoms with Crippen molar-refractivity contribution in [3.8, 4) is 0 Å². The molecule has 1 amide bonds. The van der Waals surface area contributed by atoms with Crippen LogP contribution in [-0.4, -0.2) is 44.6 Å². The van der Waals surface area contributed by atoms with E-state index in [9.17, 15) is 28.1 Å². The summed E-state index contributed by atoms with van der Waals surface area (Å²) < 4.78 is 30.3. The lowest BCUT2D eigenvalue weighted by molar-refractivity contribution is -0.384. The number of nitrogens with one attached hydrogen (secondary N) is 1. The number of nitrogens with zero attached hydrogens (tertiary/aromatic N) is 2. The maximum Gasteiger partial charge on any atom is 0.337 e. The van der Waals surface area contributed by atoms with E-state index < -0.39 is 32.9 Å². The monoisotopic (exact) mass is 435 g/mol. The number of sulfonamides is 1. The average Bonchev–Trinajstić information content (AvgIpc) is 2.68. The molecule has 0 aliphatic rings. The lowest BCUT2D eigenvalue weighted by Crippen LogP contribution is -2.45. The van der Waals surface area contributed by atoms with Gasteiger partial charge >= 0.3 is 5.97 Å². The third-order valence-electron chi connectivity index (χ3n) is 4.30. The molecule has 10 nitrogen and oxygen atoms in total. The molecule has 0 heterocycles. The van der Waals surface area contributed by atoms with E-state index in [1.165, 1.54) is 50.4 Å². The van der Waals surface area contributed by atoms with Crippen LogP contribution in [0.4, 0.5) is 17.1 Å². The lowest BCUT2D eigenvalue weighted by atomic mass is 10.1. The predicted molar refractivity (Wildman–Crippen MR) is 111 cm³/mol. The van der Waals surface area contributed by atoms with Crippen LogP contribution in [0.2, 0.25) is 0 Å². The molecule has 30 heavy (non-hydrogen) atoms. The number of anilines is 2. The number of amides is 1. The van der Waals surface area contributed by atoms with Crippen LogP contribution in [0.15, 0.2) is 42.5 Å². The first-order valence-electron chi connectivity index (χ1n) is 8.69. The number of rotatable bonds is 7. The Hall–Kier alpha value is -3.47. The van der Waals surface area contributed by atoms with Gasteiger partial charge in [0.2, 0.25) is 15.9 Å². The molecule has 0 bridgehead atoms. The molecule has 0 aliphatic carbocycles. The van der Waals surface area contributed by atoms with Gasteiger partial charge in [-0.2, -0.15) is 0 Å². The fraction of sp³-hybridized carbons (Fsp3) is 0.263. The fourth-order valence-corrected chi connectivity index (χ4v) is 4.01. The minimum Gasteiger partial charge on any atom is -0.465 e. The van der Waals surface area contributed by atoms with Crippen molar-refractivity contribution in [2.24, 2.45) is 0 Å². The minimum atomic E-state index is -3.95. The highest BCUT2D eigenvalue weighted by atomic mass is 32.2. The van der Waals surface area contributed by atoms with E-state index in [0.29, 0.717) is 11.3 Å². The second kappa shape index (κ2) is 8.91. The number of benzene rings is 2. The number of carbonyl (C=O) groups is 2. The molecular weight excluding hydrogens is 414 g/mol. The number of nitro benzene ring substituents is 1. The van der Waals surface area contributed by atoms with Crippen LogP contribution in [0.25, 0.3) is 0 Å². The summed E-state index contributed by atoms with van der Waals surface area (Å²) in [6.45, 7) is 2.96. The number of hydrogen-bond donors (Lipinski definition) is 1. The summed E-state index contributed by atoms with van der Waals surface area (Å²) in [6.07, 6.45) is 0.917. The second-order valence-corrected chi connectivity index (χ2v) is 8.38. The minimum absolute atomic E-state index is 0.0374. The van der Waals surface area contributed by atoms with Crippen molar-refractivity contribution >= 4 is 39.0 Å². The number of methoxy groups -OCH3 is 1. The molecule has 0 aromatic heterocycles. The Morgan fingerprint density at radius 3 is 2.27 bits per heavy atom. The number of hydrogen-bond acceptors (Lipinski definition) is 7. The topological polar surface area (TPSA) is 136 Å². The summed E-state index contributed by atoms with van der Waals surface area (Å²) in [6, 6.07) is 8.43. The van der Waals surface area contributed by atoms with Crippen LogP contribution in [0.1, 0.15) is 22.8 Å². The molecular formula is C19H21N3O7S. The SMILES string of the molecule is COC(=O)c1ccc(NC(=O)[C@@H](C)N(c2cc([N+](=O)[O-])ccc2C)S(C)(=O)=O)cc1. The number of carbonyl (C=O) groups excluding carboxylic acids is 2. The van der Waals surface area contributed by atoms with Crippen LogP contribution in [0, 0.1) is 17.0 Å². The number of ether oxygens (including phenoxy) is 1. The standard InChI is InChI=1S/C19H21N3O7S/c1-12-5-10-16(22(25)26)11-17(12)21(30(4,27)28)13(2)18(23)20-15-8-6-14(7-9-15)19(24)29-3/h5-11,13H,1-4H3,(H,20,23)/t13-/m1/s1. The van der Waals surface area contributed by atoms with E-state index in [-0.39, 0.29) is 16.9 Å². The van der Waals surface area contributed by atoms with Gasteiger partial charge in [0.1, 0.15) is 6.04 Å². The van der Waals surface area contributed by atoms with Gasteiger partial charge in [-0.05, 0) is 43.7 Å². The van der Waals surface area contributed by atoms with Crippen molar-refractivity contribution in [2.75, 3.05) is 23.0 Å². The zero-order valence-corrected chi connectivity index (χ0v) is 17.6. The zero-order chi connectivity index (χ0) is 22.6. The van der Waals surface area contributed by atoms with Crippen molar-refractivity contribution in [3.63, 3.8) is 0 Å². The first-order valence-corrected chi connectivity index (χ1v) is 10.5. The summed E-state index contributed by atoms with van der Waals surface area (Å²) in [5.74, 6) is -1.19. The highest BCUT2D eigenvalue weighted by molar-refractivity contribution is 7.92. The van der Waals surface area contributed by atoms with Gasteiger partial charge in [0.15, 0.2) is 0 Å². The Bertz CT molecular complexity index is 1080. The summed E-state index contributed by atoms with van der Waals surface area (Å²) in [7, 11) is -2.71. The number of esters is 1. The normalized spacial score (nSPS) is 12.0.